The molecule has 0 radical (unpaired) electrons. The molecule has 2 rings (SSSR count). The lowest BCUT2D eigenvalue weighted by Gasteiger charge is -2.08. The summed E-state index contributed by atoms with van der Waals surface area (Å²) in [4.78, 5) is 10.2. The summed E-state index contributed by atoms with van der Waals surface area (Å²) in [5.74, 6) is 0.764. The Kier molecular flexibility index (Phi) is 1.07. The lowest BCUT2D eigenvalue weighted by atomic mass is 10.0. The maximum atomic E-state index is 10.4. The molecule has 0 aromatic heterocycles. The zero-order chi connectivity index (χ0) is 7.14. The van der Waals surface area contributed by atoms with Crippen LogP contribution in [0.25, 0.3) is 0 Å². The number of hydrogen-bond acceptors (Lipinski definition) is 2. The second-order valence-corrected chi connectivity index (χ2v) is 3.13. The first-order valence-corrected chi connectivity index (χ1v) is 3.59. The predicted octanol–water partition coefficient (Wildman–Crippen LogP) is 1.23. The van der Waals surface area contributed by atoms with E-state index in [0.717, 1.165) is 12.8 Å². The summed E-state index contributed by atoms with van der Waals surface area (Å²) in [5.41, 5.74) is 0. The monoisotopic (exact) mass is 139 g/mol. The molecule has 2 aliphatic carbocycles. The number of rotatable bonds is 1. The summed E-state index contributed by atoms with van der Waals surface area (Å²) in [6.07, 6.45) is 5.91. The fourth-order valence-corrected chi connectivity index (χ4v) is 1.99. The van der Waals surface area contributed by atoms with Gasteiger partial charge in [0.05, 0.1) is 0 Å². The highest BCUT2D eigenvalue weighted by Gasteiger charge is 2.42. The first-order valence-electron chi connectivity index (χ1n) is 3.59. The van der Waals surface area contributed by atoms with Crippen molar-refractivity contribution in [1.82, 2.24) is 0 Å². The van der Waals surface area contributed by atoms with E-state index in [1.165, 1.54) is 0 Å². The predicted molar refractivity (Wildman–Crippen MR) is 36.1 cm³/mol. The van der Waals surface area contributed by atoms with Gasteiger partial charge in [-0.05, 0) is 12.3 Å². The highest BCUT2D eigenvalue weighted by atomic mass is 16.6. The van der Waals surface area contributed by atoms with E-state index in [2.05, 4.69) is 6.08 Å². The van der Waals surface area contributed by atoms with Gasteiger partial charge in [0.2, 0.25) is 6.04 Å². The minimum Gasteiger partial charge on any atom is -0.264 e. The molecule has 1 saturated carbocycles. The van der Waals surface area contributed by atoms with Crippen LogP contribution in [-0.2, 0) is 0 Å². The van der Waals surface area contributed by atoms with Crippen LogP contribution in [0.2, 0.25) is 0 Å². The van der Waals surface area contributed by atoms with Crippen molar-refractivity contribution in [3.8, 4) is 0 Å². The summed E-state index contributed by atoms with van der Waals surface area (Å²) in [5, 5.41) is 10.4. The molecule has 0 aromatic rings. The van der Waals surface area contributed by atoms with Gasteiger partial charge in [-0.3, -0.25) is 10.1 Å². The van der Waals surface area contributed by atoms with Crippen molar-refractivity contribution in [3.63, 3.8) is 0 Å². The van der Waals surface area contributed by atoms with Crippen molar-refractivity contribution in [2.45, 2.75) is 18.9 Å². The number of nitro groups is 1. The zero-order valence-electron chi connectivity index (χ0n) is 5.56. The van der Waals surface area contributed by atoms with Crippen LogP contribution in [-0.4, -0.2) is 11.0 Å². The largest absolute Gasteiger partial charge is 0.264 e. The lowest BCUT2D eigenvalue weighted by Crippen LogP contribution is -2.23. The van der Waals surface area contributed by atoms with E-state index in [9.17, 15) is 10.1 Å². The summed E-state index contributed by atoms with van der Waals surface area (Å²) in [6.45, 7) is 0. The molecule has 0 aliphatic heterocycles. The van der Waals surface area contributed by atoms with Crippen LogP contribution in [0.1, 0.15) is 12.8 Å². The van der Waals surface area contributed by atoms with Crippen LogP contribution in [0.3, 0.4) is 0 Å². The Balaban J connectivity index is 2.16. The van der Waals surface area contributed by atoms with Crippen LogP contribution >= 0.6 is 0 Å². The van der Waals surface area contributed by atoms with E-state index in [0.29, 0.717) is 5.92 Å². The molecule has 0 heterocycles. The van der Waals surface area contributed by atoms with Crippen molar-refractivity contribution in [2.75, 3.05) is 0 Å². The molecular formula is C7H9NO2. The zero-order valence-corrected chi connectivity index (χ0v) is 5.56. The molecule has 2 aliphatic rings. The number of hydrogen-bond donors (Lipinski definition) is 0. The fraction of sp³-hybridized carbons (Fsp3) is 0.714. The van der Waals surface area contributed by atoms with Crippen molar-refractivity contribution >= 4 is 0 Å². The Labute approximate surface area is 58.9 Å². The number of nitrogens with zero attached hydrogens (tertiary/aromatic N) is 1. The van der Waals surface area contributed by atoms with E-state index in [-0.39, 0.29) is 16.9 Å². The third kappa shape index (κ3) is 0.664. The van der Waals surface area contributed by atoms with Gasteiger partial charge in [0, 0.05) is 17.3 Å². The van der Waals surface area contributed by atoms with E-state index in [4.69, 9.17) is 0 Å². The molecule has 3 atom stereocenters. The highest BCUT2D eigenvalue weighted by Crippen LogP contribution is 2.40. The Morgan fingerprint density at radius 1 is 1.40 bits per heavy atom. The van der Waals surface area contributed by atoms with Crippen molar-refractivity contribution in [2.24, 2.45) is 11.8 Å². The summed E-state index contributed by atoms with van der Waals surface area (Å²) >= 11 is 0. The Hall–Kier alpha value is -0.860. The molecule has 0 unspecified atom stereocenters. The van der Waals surface area contributed by atoms with Crippen LogP contribution in [0.4, 0.5) is 0 Å². The van der Waals surface area contributed by atoms with Gasteiger partial charge in [-0.1, -0.05) is 12.2 Å². The van der Waals surface area contributed by atoms with Crippen molar-refractivity contribution in [1.29, 1.82) is 0 Å². The average molecular weight is 139 g/mol. The van der Waals surface area contributed by atoms with E-state index in [1.54, 1.807) is 0 Å². The molecular weight excluding hydrogens is 130 g/mol. The van der Waals surface area contributed by atoms with Crippen LogP contribution in [0.5, 0.6) is 0 Å². The minimum absolute atomic E-state index is 0.131. The fourth-order valence-electron chi connectivity index (χ4n) is 1.99. The number of fused-ring (bicyclic) bond motifs is 2. The minimum atomic E-state index is -0.269. The van der Waals surface area contributed by atoms with Crippen LogP contribution < -0.4 is 0 Å². The highest BCUT2D eigenvalue weighted by molar-refractivity contribution is 5.10. The third-order valence-corrected chi connectivity index (χ3v) is 2.51. The molecule has 1 fully saturated rings. The summed E-state index contributed by atoms with van der Waals surface area (Å²) in [6, 6.07) is -0.269. The molecule has 0 amide bonds. The van der Waals surface area contributed by atoms with Gasteiger partial charge in [-0.2, -0.15) is 0 Å². The third-order valence-electron chi connectivity index (χ3n) is 2.51. The molecule has 0 N–H and O–H groups in total. The second-order valence-electron chi connectivity index (χ2n) is 3.13. The second kappa shape index (κ2) is 1.81. The van der Waals surface area contributed by atoms with Crippen LogP contribution in [0, 0.1) is 22.0 Å². The van der Waals surface area contributed by atoms with Gasteiger partial charge in [0.1, 0.15) is 0 Å². The molecule has 0 aromatic carbocycles. The molecule has 0 spiro atoms. The Morgan fingerprint density at radius 3 is 2.50 bits per heavy atom. The van der Waals surface area contributed by atoms with Crippen molar-refractivity contribution < 1.29 is 4.92 Å². The van der Waals surface area contributed by atoms with Gasteiger partial charge in [0.15, 0.2) is 0 Å². The molecule has 3 heteroatoms. The SMILES string of the molecule is O=[N+]([O-])[C@H]1C[C@@H]2C=C[C@H]1C2. The first-order chi connectivity index (χ1) is 4.77. The molecule has 10 heavy (non-hydrogen) atoms. The van der Waals surface area contributed by atoms with Gasteiger partial charge in [-0.15, -0.1) is 0 Å². The number of allylic oxidation sites excluding steroid dienone is 1. The van der Waals surface area contributed by atoms with Crippen molar-refractivity contribution in [3.05, 3.63) is 22.3 Å². The van der Waals surface area contributed by atoms with E-state index >= 15 is 0 Å². The molecule has 3 nitrogen and oxygen atoms in total. The van der Waals surface area contributed by atoms with E-state index in [1.807, 2.05) is 6.08 Å². The van der Waals surface area contributed by atoms with Crippen LogP contribution in [0.15, 0.2) is 12.2 Å². The van der Waals surface area contributed by atoms with E-state index < -0.39 is 0 Å². The average Bonchev–Trinajstić information content (AvgIpc) is 2.44. The normalized spacial score (nSPS) is 42.6. The summed E-state index contributed by atoms with van der Waals surface area (Å²) < 4.78 is 0. The maximum Gasteiger partial charge on any atom is 0.219 e. The molecule has 2 bridgehead atoms. The quantitative estimate of drug-likeness (QED) is 0.311. The maximum absolute atomic E-state index is 10.4. The first kappa shape index (κ1) is 5.89. The van der Waals surface area contributed by atoms with Gasteiger partial charge >= 0.3 is 0 Å². The van der Waals surface area contributed by atoms with Gasteiger partial charge < -0.3 is 0 Å². The molecule has 0 saturated heterocycles. The Bertz CT molecular complexity index is 200. The topological polar surface area (TPSA) is 43.1 Å². The summed E-state index contributed by atoms with van der Waals surface area (Å²) in [7, 11) is 0. The molecule has 54 valence electrons. The smallest absolute Gasteiger partial charge is 0.219 e. The standard InChI is InChI=1S/C7H9NO2/c9-8(10)7-4-5-1-2-6(7)3-5/h1-2,5-7H,3-4H2/t5-,6+,7+/m1/s1. The lowest BCUT2D eigenvalue weighted by molar-refractivity contribution is -0.527. The van der Waals surface area contributed by atoms with Gasteiger partial charge in [0.25, 0.3) is 0 Å². The van der Waals surface area contributed by atoms with Gasteiger partial charge in [-0.25, -0.2) is 0 Å². The Morgan fingerprint density at radius 2 is 2.20 bits per heavy atom.